The summed E-state index contributed by atoms with van der Waals surface area (Å²) in [7, 11) is -3.48. The van der Waals surface area contributed by atoms with Crippen LogP contribution in [-0.4, -0.2) is 55.7 Å². The first-order valence-corrected chi connectivity index (χ1v) is 12.6. The number of nitrogens with zero attached hydrogens (tertiary/aromatic N) is 2. The minimum Gasteiger partial charge on any atom is -0.486 e. The Morgan fingerprint density at radius 3 is 2.61 bits per heavy atom. The summed E-state index contributed by atoms with van der Waals surface area (Å²) in [6, 6.07) is 8.65. The van der Waals surface area contributed by atoms with Crippen LogP contribution >= 0.6 is 11.8 Å². The molecule has 1 N–H and O–H groups in total. The minimum absolute atomic E-state index is 0.136. The lowest BCUT2D eigenvalue weighted by Gasteiger charge is -2.21. The molecule has 1 aromatic heterocycles. The topological polar surface area (TPSA) is 97.8 Å². The Balaban J connectivity index is 1.30. The molecule has 0 spiro atoms. The van der Waals surface area contributed by atoms with Crippen LogP contribution in [0.4, 0.5) is 0 Å². The number of thioether (sulfide) groups is 1. The molecular formula is C21H25N3O5S2. The van der Waals surface area contributed by atoms with Crippen LogP contribution in [0.25, 0.3) is 0 Å². The number of ether oxygens (including phenoxy) is 2. The Morgan fingerprint density at radius 2 is 1.90 bits per heavy atom. The predicted octanol–water partition coefficient (Wildman–Crippen LogP) is 2.61. The molecule has 0 bridgehead atoms. The third-order valence-corrected chi connectivity index (χ3v) is 8.03. The highest BCUT2D eigenvalue weighted by Gasteiger charge is 2.27. The molecule has 0 unspecified atom stereocenters. The number of pyridine rings is 1. The second-order valence-electron chi connectivity index (χ2n) is 7.42. The van der Waals surface area contributed by atoms with Crippen molar-refractivity contribution >= 4 is 27.7 Å². The van der Waals surface area contributed by atoms with Gasteiger partial charge < -0.3 is 14.8 Å². The van der Waals surface area contributed by atoms with Crippen molar-refractivity contribution < 1.29 is 22.7 Å². The average molecular weight is 464 g/mol. The molecule has 3 heterocycles. The van der Waals surface area contributed by atoms with E-state index >= 15 is 0 Å². The van der Waals surface area contributed by atoms with Crippen LogP contribution in [0.1, 0.15) is 31.4 Å². The van der Waals surface area contributed by atoms with Gasteiger partial charge in [0.05, 0.1) is 16.8 Å². The first kappa shape index (κ1) is 21.9. The van der Waals surface area contributed by atoms with E-state index in [-0.39, 0.29) is 22.6 Å². The number of carbonyl (C=O) groups is 1. The molecule has 8 nitrogen and oxygen atoms in total. The van der Waals surface area contributed by atoms with Crippen molar-refractivity contribution in [2.75, 3.05) is 32.1 Å². The van der Waals surface area contributed by atoms with Gasteiger partial charge in [0.15, 0.2) is 11.5 Å². The van der Waals surface area contributed by atoms with Gasteiger partial charge in [-0.3, -0.25) is 4.79 Å². The number of sulfonamides is 1. The zero-order chi connectivity index (χ0) is 21.8. The molecular weight excluding hydrogens is 438 g/mol. The van der Waals surface area contributed by atoms with Gasteiger partial charge in [-0.15, -0.1) is 0 Å². The number of amides is 1. The van der Waals surface area contributed by atoms with Crippen LogP contribution in [0.15, 0.2) is 46.5 Å². The smallest absolute Gasteiger partial charge is 0.244 e. The Bertz CT molecular complexity index is 1040. The van der Waals surface area contributed by atoms with E-state index in [0.717, 1.165) is 18.4 Å². The van der Waals surface area contributed by atoms with Gasteiger partial charge >= 0.3 is 0 Å². The summed E-state index contributed by atoms with van der Waals surface area (Å²) in [6.07, 6.45) is 3.15. The molecule has 1 saturated heterocycles. The third kappa shape index (κ3) is 5.13. The van der Waals surface area contributed by atoms with E-state index in [2.05, 4.69) is 10.3 Å². The Hall–Kier alpha value is -2.30. The van der Waals surface area contributed by atoms with Crippen LogP contribution in [0.2, 0.25) is 0 Å². The number of hydrogen-bond acceptors (Lipinski definition) is 7. The highest BCUT2D eigenvalue weighted by atomic mass is 32.2. The maximum Gasteiger partial charge on any atom is 0.244 e. The largest absolute Gasteiger partial charge is 0.486 e. The number of fused-ring (bicyclic) bond motifs is 1. The molecule has 1 aromatic carbocycles. The normalized spacial score (nSPS) is 17.3. The van der Waals surface area contributed by atoms with Crippen LogP contribution in [-0.2, 0) is 14.8 Å². The molecule has 2 aromatic rings. The van der Waals surface area contributed by atoms with Gasteiger partial charge in [-0.25, -0.2) is 13.4 Å². The lowest BCUT2D eigenvalue weighted by molar-refractivity contribution is -0.119. The maximum atomic E-state index is 12.6. The highest BCUT2D eigenvalue weighted by Crippen LogP contribution is 2.32. The number of carbonyl (C=O) groups excluding carboxylic acids is 1. The first-order valence-electron chi connectivity index (χ1n) is 10.2. The standard InChI is InChI=1S/C21H25N3O5S2/c1-15(16-4-6-18-19(12-16)29-11-10-28-18)23-20(25)14-30-21-7-5-17(13-22-21)31(26,27)24-8-2-3-9-24/h4-7,12-13,15H,2-3,8-11,14H2,1H3,(H,23,25)/t15-/m1/s1. The molecule has 0 radical (unpaired) electrons. The quantitative estimate of drug-likeness (QED) is 0.630. The molecule has 31 heavy (non-hydrogen) atoms. The number of benzene rings is 1. The molecule has 1 fully saturated rings. The summed E-state index contributed by atoms with van der Waals surface area (Å²) < 4.78 is 37.7. The zero-order valence-corrected chi connectivity index (χ0v) is 18.9. The van der Waals surface area contributed by atoms with E-state index in [4.69, 9.17) is 9.47 Å². The summed E-state index contributed by atoms with van der Waals surface area (Å²) in [5.74, 6) is 1.45. The monoisotopic (exact) mass is 463 g/mol. The molecule has 1 amide bonds. The number of aromatic nitrogens is 1. The van der Waals surface area contributed by atoms with E-state index in [1.807, 2.05) is 25.1 Å². The van der Waals surface area contributed by atoms with E-state index in [1.165, 1.54) is 22.3 Å². The second kappa shape index (κ2) is 9.46. The average Bonchev–Trinajstić information content (AvgIpc) is 3.33. The van der Waals surface area contributed by atoms with E-state index in [9.17, 15) is 13.2 Å². The molecule has 1 atom stereocenters. The highest BCUT2D eigenvalue weighted by molar-refractivity contribution is 7.99. The van der Waals surface area contributed by atoms with Crippen molar-refractivity contribution in [2.24, 2.45) is 0 Å². The van der Waals surface area contributed by atoms with Crippen LogP contribution in [0.5, 0.6) is 11.5 Å². The molecule has 10 heteroatoms. The molecule has 2 aliphatic rings. The van der Waals surface area contributed by atoms with E-state index in [1.54, 1.807) is 12.1 Å². The summed E-state index contributed by atoms with van der Waals surface area (Å²) in [6.45, 7) is 4.07. The summed E-state index contributed by atoms with van der Waals surface area (Å²) >= 11 is 1.26. The fourth-order valence-corrected chi connectivity index (χ4v) is 5.63. The van der Waals surface area contributed by atoms with Gasteiger partial charge in [0.2, 0.25) is 15.9 Å². The number of nitrogens with one attached hydrogen (secondary N) is 1. The number of hydrogen-bond donors (Lipinski definition) is 1. The molecule has 0 aliphatic carbocycles. The fraction of sp³-hybridized carbons (Fsp3) is 0.429. The van der Waals surface area contributed by atoms with Gasteiger partial charge in [-0.1, -0.05) is 17.8 Å². The molecule has 2 aliphatic heterocycles. The maximum absolute atomic E-state index is 12.6. The molecule has 0 saturated carbocycles. The third-order valence-electron chi connectivity index (χ3n) is 5.21. The first-order chi connectivity index (χ1) is 14.9. The van der Waals surface area contributed by atoms with Crippen molar-refractivity contribution in [1.29, 1.82) is 0 Å². The SMILES string of the molecule is C[C@@H](NC(=O)CSc1ccc(S(=O)(=O)N2CCCC2)cn1)c1ccc2c(c1)OCCO2. The van der Waals surface area contributed by atoms with Crippen molar-refractivity contribution in [3.05, 3.63) is 42.1 Å². The molecule has 166 valence electrons. The van der Waals surface area contributed by atoms with Crippen molar-refractivity contribution in [3.8, 4) is 11.5 Å². The summed E-state index contributed by atoms with van der Waals surface area (Å²) in [5.41, 5.74) is 0.928. The Morgan fingerprint density at radius 1 is 1.16 bits per heavy atom. The van der Waals surface area contributed by atoms with Crippen LogP contribution in [0.3, 0.4) is 0 Å². The summed E-state index contributed by atoms with van der Waals surface area (Å²) in [5, 5.41) is 3.56. The minimum atomic E-state index is -3.48. The van der Waals surface area contributed by atoms with Crippen LogP contribution < -0.4 is 14.8 Å². The van der Waals surface area contributed by atoms with Gasteiger partial charge in [0.1, 0.15) is 18.1 Å². The second-order valence-corrected chi connectivity index (χ2v) is 10.4. The predicted molar refractivity (Wildman–Crippen MR) is 117 cm³/mol. The van der Waals surface area contributed by atoms with Gasteiger partial charge in [-0.05, 0) is 49.6 Å². The van der Waals surface area contributed by atoms with Crippen molar-refractivity contribution in [3.63, 3.8) is 0 Å². The van der Waals surface area contributed by atoms with Crippen molar-refractivity contribution in [2.45, 2.75) is 35.7 Å². The van der Waals surface area contributed by atoms with E-state index in [0.29, 0.717) is 42.8 Å². The molecule has 4 rings (SSSR count). The van der Waals surface area contributed by atoms with Gasteiger partial charge in [-0.2, -0.15) is 4.31 Å². The van der Waals surface area contributed by atoms with Crippen molar-refractivity contribution in [1.82, 2.24) is 14.6 Å². The van der Waals surface area contributed by atoms with Crippen LogP contribution in [0, 0.1) is 0 Å². The number of rotatable bonds is 7. The van der Waals surface area contributed by atoms with Gasteiger partial charge in [0.25, 0.3) is 0 Å². The lowest BCUT2D eigenvalue weighted by Crippen LogP contribution is -2.28. The van der Waals surface area contributed by atoms with E-state index < -0.39 is 10.0 Å². The lowest BCUT2D eigenvalue weighted by atomic mass is 10.1. The Kier molecular flexibility index (Phi) is 6.68. The fourth-order valence-electron chi connectivity index (χ4n) is 3.52. The Labute approximate surface area is 186 Å². The zero-order valence-electron chi connectivity index (χ0n) is 17.2. The summed E-state index contributed by atoms with van der Waals surface area (Å²) in [4.78, 5) is 16.8. The van der Waals surface area contributed by atoms with Gasteiger partial charge in [0, 0.05) is 19.3 Å².